The van der Waals surface area contributed by atoms with Gasteiger partial charge in [0.1, 0.15) is 0 Å². The lowest BCUT2D eigenvalue weighted by molar-refractivity contribution is 0.422. The molecule has 0 atom stereocenters. The van der Waals surface area contributed by atoms with Crippen LogP contribution in [0.5, 0.6) is 5.75 Å². The van der Waals surface area contributed by atoms with E-state index >= 15 is 0 Å². The molecule has 18 heavy (non-hydrogen) atoms. The minimum absolute atomic E-state index is 0.460. The highest BCUT2D eigenvalue weighted by Crippen LogP contribution is 2.36. The highest BCUT2D eigenvalue weighted by atomic mass is 16.5. The molecule has 4 N–H and O–H groups in total. The second-order valence-electron chi connectivity index (χ2n) is 4.16. The molecule has 0 amide bonds. The Morgan fingerprint density at radius 1 is 1.06 bits per heavy atom. The Bertz CT molecular complexity index is 753. The number of nitrogens with zero attached hydrogens (tertiary/aromatic N) is 1. The van der Waals surface area contributed by atoms with E-state index in [-0.39, 0.29) is 0 Å². The fraction of sp³-hybridized carbons (Fsp3) is 0.0714. The van der Waals surface area contributed by atoms with Gasteiger partial charge in [0.15, 0.2) is 5.75 Å². The number of ether oxygens (including phenoxy) is 1. The molecule has 4 nitrogen and oxygen atoms in total. The van der Waals surface area contributed by atoms with E-state index in [0.717, 1.165) is 21.8 Å². The van der Waals surface area contributed by atoms with Crippen molar-refractivity contribution in [3.05, 3.63) is 36.4 Å². The average Bonchev–Trinajstić information content (AvgIpc) is 2.38. The van der Waals surface area contributed by atoms with E-state index in [1.54, 1.807) is 13.2 Å². The maximum atomic E-state index is 5.93. The molecule has 3 aromatic rings. The van der Waals surface area contributed by atoms with Gasteiger partial charge in [-0.2, -0.15) is 0 Å². The molecule has 1 aromatic heterocycles. The molecular weight excluding hydrogens is 226 g/mol. The lowest BCUT2D eigenvalue weighted by Crippen LogP contribution is -2.00. The van der Waals surface area contributed by atoms with Crippen molar-refractivity contribution in [2.45, 2.75) is 0 Å². The van der Waals surface area contributed by atoms with E-state index in [2.05, 4.69) is 4.98 Å². The topological polar surface area (TPSA) is 74.2 Å². The van der Waals surface area contributed by atoms with E-state index in [9.17, 15) is 0 Å². The van der Waals surface area contributed by atoms with Crippen molar-refractivity contribution < 1.29 is 4.74 Å². The summed E-state index contributed by atoms with van der Waals surface area (Å²) in [4.78, 5) is 4.57. The van der Waals surface area contributed by atoms with Gasteiger partial charge in [-0.05, 0) is 18.2 Å². The Labute approximate surface area is 104 Å². The number of methoxy groups -OCH3 is 1. The maximum absolute atomic E-state index is 5.93. The summed E-state index contributed by atoms with van der Waals surface area (Å²) >= 11 is 0. The lowest BCUT2D eigenvalue weighted by atomic mass is 10.1. The minimum atomic E-state index is 0.460. The summed E-state index contributed by atoms with van der Waals surface area (Å²) in [6.07, 6.45) is 0. The SMILES string of the molecule is COc1c(N)c(N)cc2nc3ccccc3cc12. The Hall–Kier alpha value is -2.49. The minimum Gasteiger partial charge on any atom is -0.494 e. The molecule has 1 heterocycles. The number of hydrogen-bond acceptors (Lipinski definition) is 4. The van der Waals surface area contributed by atoms with Gasteiger partial charge in [-0.1, -0.05) is 18.2 Å². The van der Waals surface area contributed by atoms with Gasteiger partial charge in [-0.3, -0.25) is 0 Å². The van der Waals surface area contributed by atoms with Crippen molar-refractivity contribution in [3.8, 4) is 5.75 Å². The van der Waals surface area contributed by atoms with Gasteiger partial charge in [-0.25, -0.2) is 4.98 Å². The van der Waals surface area contributed by atoms with E-state index < -0.39 is 0 Å². The predicted molar refractivity (Wildman–Crippen MR) is 74.6 cm³/mol. The van der Waals surface area contributed by atoms with E-state index in [4.69, 9.17) is 16.2 Å². The Balaban J connectivity index is 2.50. The summed E-state index contributed by atoms with van der Waals surface area (Å²) in [7, 11) is 1.58. The molecule has 90 valence electrons. The molecule has 2 aromatic carbocycles. The molecule has 0 radical (unpaired) electrons. The van der Waals surface area contributed by atoms with Gasteiger partial charge >= 0.3 is 0 Å². The second-order valence-corrected chi connectivity index (χ2v) is 4.16. The van der Waals surface area contributed by atoms with Crippen LogP contribution in [-0.2, 0) is 0 Å². The van der Waals surface area contributed by atoms with Crippen molar-refractivity contribution in [2.75, 3.05) is 18.6 Å². The zero-order valence-electron chi connectivity index (χ0n) is 9.97. The Kier molecular flexibility index (Phi) is 2.23. The number of rotatable bonds is 1. The number of anilines is 2. The Morgan fingerprint density at radius 3 is 2.61 bits per heavy atom. The molecule has 0 aliphatic rings. The van der Waals surface area contributed by atoms with Crippen LogP contribution in [0.4, 0.5) is 11.4 Å². The van der Waals surface area contributed by atoms with E-state index in [1.807, 2.05) is 30.3 Å². The molecule has 0 saturated carbocycles. The smallest absolute Gasteiger partial charge is 0.153 e. The van der Waals surface area contributed by atoms with Crippen molar-refractivity contribution in [2.24, 2.45) is 0 Å². The quantitative estimate of drug-likeness (QED) is 0.505. The van der Waals surface area contributed by atoms with Crippen LogP contribution in [0.3, 0.4) is 0 Å². The molecule has 0 spiro atoms. The third-order valence-electron chi connectivity index (χ3n) is 3.05. The van der Waals surface area contributed by atoms with Crippen molar-refractivity contribution in [1.82, 2.24) is 4.98 Å². The molecule has 0 fully saturated rings. The fourth-order valence-electron chi connectivity index (χ4n) is 2.14. The number of para-hydroxylation sites is 1. The summed E-state index contributed by atoms with van der Waals surface area (Å²) in [6, 6.07) is 11.7. The van der Waals surface area contributed by atoms with Crippen LogP contribution in [-0.4, -0.2) is 12.1 Å². The van der Waals surface area contributed by atoms with Crippen LogP contribution in [0, 0.1) is 0 Å². The van der Waals surface area contributed by atoms with Crippen molar-refractivity contribution in [3.63, 3.8) is 0 Å². The van der Waals surface area contributed by atoms with Gasteiger partial charge in [0.2, 0.25) is 0 Å². The number of pyridine rings is 1. The summed E-state index contributed by atoms with van der Waals surface area (Å²) in [5, 5.41) is 1.93. The largest absolute Gasteiger partial charge is 0.494 e. The number of nitrogens with two attached hydrogens (primary N) is 2. The van der Waals surface area contributed by atoms with Crippen molar-refractivity contribution in [1.29, 1.82) is 0 Å². The highest BCUT2D eigenvalue weighted by molar-refractivity contribution is 6.01. The number of hydrogen-bond donors (Lipinski definition) is 2. The molecule has 0 saturated heterocycles. The Morgan fingerprint density at radius 2 is 1.83 bits per heavy atom. The lowest BCUT2D eigenvalue weighted by Gasteiger charge is -2.11. The van der Waals surface area contributed by atoms with Gasteiger partial charge in [0.25, 0.3) is 0 Å². The van der Waals surface area contributed by atoms with E-state index in [1.165, 1.54) is 0 Å². The van der Waals surface area contributed by atoms with Gasteiger partial charge < -0.3 is 16.2 Å². The summed E-state index contributed by atoms with van der Waals surface area (Å²) in [6.45, 7) is 0. The molecule has 0 bridgehead atoms. The number of benzene rings is 2. The summed E-state index contributed by atoms with van der Waals surface area (Å²) in [5.41, 5.74) is 14.5. The van der Waals surface area contributed by atoms with Crippen LogP contribution >= 0.6 is 0 Å². The van der Waals surface area contributed by atoms with Crippen LogP contribution in [0.25, 0.3) is 21.8 Å². The van der Waals surface area contributed by atoms with Crippen LogP contribution in [0.1, 0.15) is 0 Å². The third-order valence-corrected chi connectivity index (χ3v) is 3.05. The molecule has 0 aliphatic carbocycles. The highest BCUT2D eigenvalue weighted by Gasteiger charge is 2.11. The molecule has 3 rings (SSSR count). The number of fused-ring (bicyclic) bond motifs is 2. The first-order chi connectivity index (χ1) is 8.70. The van der Waals surface area contributed by atoms with Gasteiger partial charge in [0, 0.05) is 10.8 Å². The fourth-order valence-corrected chi connectivity index (χ4v) is 2.14. The molecule has 0 unspecified atom stereocenters. The summed E-state index contributed by atoms with van der Waals surface area (Å²) < 4.78 is 5.34. The molecule has 4 heteroatoms. The van der Waals surface area contributed by atoms with Crippen LogP contribution in [0.2, 0.25) is 0 Å². The van der Waals surface area contributed by atoms with E-state index in [0.29, 0.717) is 17.1 Å². The first-order valence-corrected chi connectivity index (χ1v) is 5.62. The average molecular weight is 239 g/mol. The van der Waals surface area contributed by atoms with Crippen molar-refractivity contribution >= 4 is 33.2 Å². The maximum Gasteiger partial charge on any atom is 0.153 e. The van der Waals surface area contributed by atoms with Crippen LogP contribution < -0.4 is 16.2 Å². The number of aromatic nitrogens is 1. The zero-order valence-corrected chi connectivity index (χ0v) is 9.97. The molecule has 0 aliphatic heterocycles. The molecular formula is C14H13N3O. The standard InChI is InChI=1S/C14H13N3O/c1-18-14-9-6-8-4-2-3-5-11(8)17-12(9)7-10(15)13(14)16/h2-7H,15-16H2,1H3. The monoisotopic (exact) mass is 239 g/mol. The zero-order chi connectivity index (χ0) is 12.7. The second kappa shape index (κ2) is 3.77. The van der Waals surface area contributed by atoms with Gasteiger partial charge in [0.05, 0.1) is 29.5 Å². The first kappa shape index (κ1) is 10.7. The summed E-state index contributed by atoms with van der Waals surface area (Å²) in [5.74, 6) is 0.586. The number of nitrogen functional groups attached to an aromatic ring is 2. The normalized spacial score (nSPS) is 10.9. The van der Waals surface area contributed by atoms with Crippen LogP contribution in [0.15, 0.2) is 36.4 Å². The van der Waals surface area contributed by atoms with Gasteiger partial charge in [-0.15, -0.1) is 0 Å². The predicted octanol–water partition coefficient (Wildman–Crippen LogP) is 2.56. The first-order valence-electron chi connectivity index (χ1n) is 5.62. The third kappa shape index (κ3) is 1.43.